The third-order valence-corrected chi connectivity index (χ3v) is 10.4. The van der Waals surface area contributed by atoms with Crippen molar-refractivity contribution >= 4 is 25.7 Å². The minimum absolute atomic E-state index is 0.0176. The van der Waals surface area contributed by atoms with Crippen molar-refractivity contribution in [2.24, 2.45) is 22.7 Å². The summed E-state index contributed by atoms with van der Waals surface area (Å²) in [6, 6.07) is 0. The van der Waals surface area contributed by atoms with E-state index in [0.717, 1.165) is 24.8 Å². The molecule has 0 aromatic heterocycles. The van der Waals surface area contributed by atoms with Crippen LogP contribution in [0.1, 0.15) is 88.0 Å². The molecule has 10 nitrogen and oxygen atoms in total. The molecule has 0 amide bonds. The lowest BCUT2D eigenvalue weighted by molar-refractivity contribution is -0.191. The van der Waals surface area contributed by atoms with Crippen molar-refractivity contribution in [2.45, 2.75) is 105 Å². The van der Waals surface area contributed by atoms with Crippen LogP contribution in [0.5, 0.6) is 0 Å². The number of carbonyl (C=O) groups is 3. The van der Waals surface area contributed by atoms with Gasteiger partial charge in [-0.1, -0.05) is 38.2 Å². The summed E-state index contributed by atoms with van der Waals surface area (Å²) in [7, 11) is -4.12. The van der Waals surface area contributed by atoms with Crippen LogP contribution in [-0.4, -0.2) is 55.0 Å². The van der Waals surface area contributed by atoms with Crippen LogP contribution in [0.15, 0.2) is 36.0 Å². The van der Waals surface area contributed by atoms with Gasteiger partial charge in [0.05, 0.1) is 16.8 Å². The van der Waals surface area contributed by atoms with Crippen LogP contribution in [0.4, 0.5) is 0 Å². The van der Waals surface area contributed by atoms with Gasteiger partial charge in [0, 0.05) is 18.3 Å². The number of cyclic esters (lactones) is 1. The van der Waals surface area contributed by atoms with E-state index in [1.54, 1.807) is 47.6 Å². The average molecular weight is 625 g/mol. The van der Waals surface area contributed by atoms with Crippen molar-refractivity contribution in [2.75, 3.05) is 19.8 Å². The monoisotopic (exact) mass is 624 g/mol. The number of rotatable bonds is 10. The Morgan fingerprint density at radius 2 is 1.74 bits per heavy atom. The highest BCUT2D eigenvalue weighted by Crippen LogP contribution is 2.62. The molecule has 2 unspecified atom stereocenters. The molecule has 3 rings (SSSR count). The van der Waals surface area contributed by atoms with Crippen molar-refractivity contribution in [1.29, 1.82) is 0 Å². The molecule has 242 valence electrons. The Kier molecular flexibility index (Phi) is 10.6. The standard InChI is InChI=1S/C32H49O10P/c1-21-11-14-25-31(9,24(21)13-12-23-16-18-37-28(23)35)17-15-26(40-22(2)33)32(25,10)20-38-27(34)19-39-43(36,41-29(3,4)5)42-30(6,7)8/h12-13,16,24-26H,1,11,14-15,17-20H2,2-10H3/b13-12+/t24?,25?,26-,31-,32+/m1/s1. The van der Waals surface area contributed by atoms with E-state index in [-0.39, 0.29) is 36.4 Å². The highest BCUT2D eigenvalue weighted by molar-refractivity contribution is 7.48. The molecule has 43 heavy (non-hydrogen) atoms. The van der Waals surface area contributed by atoms with Gasteiger partial charge < -0.3 is 14.2 Å². The first-order chi connectivity index (χ1) is 19.7. The predicted octanol–water partition coefficient (Wildman–Crippen LogP) is 6.64. The van der Waals surface area contributed by atoms with Gasteiger partial charge in [-0.25, -0.2) is 14.2 Å². The van der Waals surface area contributed by atoms with Crippen LogP contribution < -0.4 is 0 Å². The smallest absolute Gasteiger partial charge is 0.463 e. The van der Waals surface area contributed by atoms with Crippen molar-refractivity contribution in [3.63, 3.8) is 0 Å². The fourth-order valence-corrected chi connectivity index (χ4v) is 8.46. The number of esters is 3. The highest BCUT2D eigenvalue weighted by atomic mass is 31.2. The summed E-state index contributed by atoms with van der Waals surface area (Å²) in [6.45, 7) is 19.7. The first kappa shape index (κ1) is 35.2. The Morgan fingerprint density at radius 3 is 2.28 bits per heavy atom. The molecular formula is C32H49O10P. The Labute approximate surface area is 256 Å². The zero-order valence-corrected chi connectivity index (χ0v) is 28.0. The second kappa shape index (κ2) is 13.0. The van der Waals surface area contributed by atoms with Crippen molar-refractivity contribution in [1.82, 2.24) is 0 Å². The number of hydrogen-bond acceptors (Lipinski definition) is 10. The predicted molar refractivity (Wildman–Crippen MR) is 161 cm³/mol. The minimum Gasteiger partial charge on any atom is -0.463 e. The summed E-state index contributed by atoms with van der Waals surface area (Å²) >= 11 is 0. The van der Waals surface area contributed by atoms with Gasteiger partial charge in [0.15, 0.2) is 6.61 Å². The fraction of sp³-hybridized carbons (Fsp3) is 0.719. The maximum absolute atomic E-state index is 13.4. The normalized spacial score (nSPS) is 30.1. The van der Waals surface area contributed by atoms with E-state index in [9.17, 15) is 18.9 Å². The topological polar surface area (TPSA) is 124 Å². The maximum atomic E-state index is 13.4. The molecule has 1 aliphatic heterocycles. The largest absolute Gasteiger partial charge is 0.476 e. The van der Waals surface area contributed by atoms with Gasteiger partial charge in [0.2, 0.25) is 0 Å². The molecule has 0 bridgehead atoms. The number of fused-ring (bicyclic) bond motifs is 1. The molecule has 2 aliphatic carbocycles. The zero-order chi connectivity index (χ0) is 32.4. The van der Waals surface area contributed by atoms with Crippen molar-refractivity contribution < 1.29 is 46.7 Å². The molecule has 0 aromatic rings. The van der Waals surface area contributed by atoms with E-state index in [1.165, 1.54) is 6.92 Å². The first-order valence-corrected chi connectivity index (χ1v) is 16.4. The quantitative estimate of drug-likeness (QED) is 0.113. The van der Waals surface area contributed by atoms with Crippen molar-refractivity contribution in [3.05, 3.63) is 36.0 Å². The van der Waals surface area contributed by atoms with Gasteiger partial charge in [-0.2, -0.15) is 0 Å². The molecule has 5 atom stereocenters. The fourth-order valence-electron chi connectivity index (χ4n) is 6.71. The van der Waals surface area contributed by atoms with Gasteiger partial charge in [-0.3, -0.25) is 18.4 Å². The summed E-state index contributed by atoms with van der Waals surface area (Å²) in [5.74, 6) is -1.56. The number of phosphoric ester groups is 1. The molecule has 2 fully saturated rings. The number of allylic oxidation sites excluding steroid dienone is 2. The van der Waals surface area contributed by atoms with E-state index in [1.807, 2.05) is 19.1 Å². The lowest BCUT2D eigenvalue weighted by Gasteiger charge is -2.59. The van der Waals surface area contributed by atoms with Gasteiger partial charge in [0.1, 0.15) is 19.3 Å². The van der Waals surface area contributed by atoms with E-state index < -0.39 is 49.1 Å². The Bertz CT molecular complexity index is 1190. The van der Waals surface area contributed by atoms with Gasteiger partial charge >= 0.3 is 25.7 Å². The third-order valence-electron chi connectivity index (χ3n) is 8.36. The lowest BCUT2D eigenvalue weighted by Crippen LogP contribution is -2.58. The third kappa shape index (κ3) is 8.90. The van der Waals surface area contributed by atoms with Crippen LogP contribution in [0.2, 0.25) is 0 Å². The number of ether oxygens (including phenoxy) is 3. The second-order valence-corrected chi connectivity index (χ2v) is 15.8. The van der Waals surface area contributed by atoms with E-state index in [0.29, 0.717) is 12.0 Å². The van der Waals surface area contributed by atoms with Crippen molar-refractivity contribution in [3.8, 4) is 0 Å². The zero-order valence-electron chi connectivity index (χ0n) is 27.2. The second-order valence-electron chi connectivity index (χ2n) is 14.3. The van der Waals surface area contributed by atoms with Crippen LogP contribution in [0.3, 0.4) is 0 Å². The molecule has 0 spiro atoms. The summed E-state index contributed by atoms with van der Waals surface area (Å²) in [5.41, 5.74) is -1.17. The molecule has 0 saturated heterocycles. The number of carbonyl (C=O) groups excluding carboxylic acids is 3. The lowest BCUT2D eigenvalue weighted by atomic mass is 9.46. The molecule has 0 aromatic carbocycles. The van der Waals surface area contributed by atoms with Crippen LogP contribution in [0.25, 0.3) is 0 Å². The number of phosphoric acid groups is 1. The summed E-state index contributed by atoms with van der Waals surface area (Å²) in [6.07, 6.45) is 7.91. The van der Waals surface area contributed by atoms with Gasteiger partial charge in [-0.15, -0.1) is 0 Å². The van der Waals surface area contributed by atoms with Gasteiger partial charge in [0.25, 0.3) is 0 Å². The SMILES string of the molecule is C=C1CCC2[C@](C)(CC[C@@H](OC(C)=O)[C@@]2(C)COC(=O)COP(=O)(OC(C)(C)C)OC(C)(C)C)C1/C=C/C1=CCOC1=O. The minimum atomic E-state index is -4.12. The van der Waals surface area contributed by atoms with Crippen LogP contribution in [0, 0.1) is 22.7 Å². The molecule has 3 aliphatic rings. The average Bonchev–Trinajstić information content (AvgIpc) is 3.25. The summed E-state index contributed by atoms with van der Waals surface area (Å²) in [5, 5.41) is 0. The molecule has 0 radical (unpaired) electrons. The molecular weight excluding hydrogens is 575 g/mol. The van der Waals surface area contributed by atoms with Gasteiger partial charge in [-0.05, 0) is 84.6 Å². The van der Waals surface area contributed by atoms with Crippen LogP contribution >= 0.6 is 7.82 Å². The summed E-state index contributed by atoms with van der Waals surface area (Å²) < 4.78 is 46.7. The maximum Gasteiger partial charge on any atom is 0.476 e. The Morgan fingerprint density at radius 1 is 1.12 bits per heavy atom. The first-order valence-electron chi connectivity index (χ1n) is 14.9. The molecule has 2 saturated carbocycles. The van der Waals surface area contributed by atoms with E-state index in [4.69, 9.17) is 27.8 Å². The number of hydrogen-bond donors (Lipinski definition) is 0. The van der Waals surface area contributed by atoms with Crippen LogP contribution in [-0.2, 0) is 46.7 Å². The summed E-state index contributed by atoms with van der Waals surface area (Å²) in [4.78, 5) is 37.2. The Balaban J connectivity index is 1.81. The highest BCUT2D eigenvalue weighted by Gasteiger charge is 2.59. The van der Waals surface area contributed by atoms with E-state index >= 15 is 0 Å². The molecule has 0 N–H and O–H groups in total. The molecule has 11 heteroatoms. The van der Waals surface area contributed by atoms with E-state index in [2.05, 4.69) is 13.5 Å². The Hall–Kier alpha value is -2.26. The molecule has 1 heterocycles.